The van der Waals surface area contributed by atoms with E-state index in [2.05, 4.69) is 72.9 Å². The first kappa shape index (κ1) is 20.0. The normalized spacial score (nSPS) is 15.1. The molecule has 144 valence electrons. The van der Waals surface area contributed by atoms with E-state index in [1.165, 1.54) is 21.6 Å². The van der Waals surface area contributed by atoms with E-state index in [9.17, 15) is 0 Å². The summed E-state index contributed by atoms with van der Waals surface area (Å²) in [6.45, 7) is 4.98. The summed E-state index contributed by atoms with van der Waals surface area (Å²) < 4.78 is 0. The molecule has 0 radical (unpaired) electrons. The number of thiophene rings is 1. The van der Waals surface area contributed by atoms with E-state index in [0.717, 1.165) is 45.1 Å². The summed E-state index contributed by atoms with van der Waals surface area (Å²) in [4.78, 5) is 12.8. The molecule has 0 atom stereocenters. The van der Waals surface area contributed by atoms with Crippen molar-refractivity contribution >= 4 is 57.2 Å². The van der Waals surface area contributed by atoms with Crippen molar-refractivity contribution in [2.24, 2.45) is 4.99 Å². The van der Waals surface area contributed by atoms with Gasteiger partial charge in [-0.15, -0.1) is 35.3 Å². The molecule has 5 nitrogen and oxygen atoms in total. The second kappa shape index (κ2) is 9.45. The number of aromatic nitrogens is 1. The molecule has 2 aromatic heterocycles. The first-order valence-electron chi connectivity index (χ1n) is 9.14. The third-order valence-corrected chi connectivity index (χ3v) is 5.80. The van der Waals surface area contributed by atoms with Crippen molar-refractivity contribution in [3.8, 4) is 0 Å². The highest BCUT2D eigenvalue weighted by atomic mass is 127. The van der Waals surface area contributed by atoms with Gasteiger partial charge in [-0.3, -0.25) is 4.99 Å². The number of piperazine rings is 1. The Balaban J connectivity index is 0.00000210. The van der Waals surface area contributed by atoms with Crippen LogP contribution in [0.25, 0.3) is 10.9 Å². The Labute approximate surface area is 181 Å². The molecule has 1 aromatic carbocycles. The van der Waals surface area contributed by atoms with Crippen molar-refractivity contribution in [1.29, 1.82) is 0 Å². The third kappa shape index (κ3) is 4.76. The lowest BCUT2D eigenvalue weighted by atomic mass is 10.2. The van der Waals surface area contributed by atoms with Crippen molar-refractivity contribution in [2.45, 2.75) is 6.42 Å². The lowest BCUT2D eigenvalue weighted by Crippen LogP contribution is -2.52. The fraction of sp³-hybridized carbons (Fsp3) is 0.350. The van der Waals surface area contributed by atoms with Crippen LogP contribution >= 0.6 is 35.3 Å². The molecule has 3 aromatic rings. The third-order valence-electron chi connectivity index (χ3n) is 4.87. The maximum absolute atomic E-state index is 4.48. The van der Waals surface area contributed by atoms with Crippen LogP contribution in [-0.2, 0) is 6.42 Å². The summed E-state index contributed by atoms with van der Waals surface area (Å²) in [5.41, 5.74) is 2.47. The van der Waals surface area contributed by atoms with Crippen molar-refractivity contribution in [1.82, 2.24) is 15.2 Å². The van der Waals surface area contributed by atoms with Crippen LogP contribution in [0.2, 0.25) is 0 Å². The molecule has 0 amide bonds. The second-order valence-corrected chi connectivity index (χ2v) is 7.46. The zero-order chi connectivity index (χ0) is 17.8. The number of H-pyrrole nitrogens is 1. The van der Waals surface area contributed by atoms with Gasteiger partial charge in [-0.1, -0.05) is 18.2 Å². The molecule has 1 fully saturated rings. The predicted octanol–water partition coefficient (Wildman–Crippen LogP) is 3.79. The zero-order valence-corrected chi connectivity index (χ0v) is 18.7. The van der Waals surface area contributed by atoms with Gasteiger partial charge >= 0.3 is 0 Å². The molecule has 1 aliphatic rings. The Morgan fingerprint density at radius 3 is 2.67 bits per heavy atom. The number of fused-ring (bicyclic) bond motifs is 1. The Morgan fingerprint density at radius 2 is 1.96 bits per heavy atom. The summed E-state index contributed by atoms with van der Waals surface area (Å²) in [7, 11) is 1.87. The minimum absolute atomic E-state index is 0. The van der Waals surface area contributed by atoms with Gasteiger partial charge in [0.05, 0.1) is 5.00 Å². The standard InChI is InChI=1S/C20H25N5S.HI/c1-21-20(25-12-10-24(11-13-25)19-7-4-14-26-19)22-9-8-17-15-16-5-2-3-6-18(16)23-17;/h2-7,14-15,23H,8-13H2,1H3,(H,21,22);1H. The Bertz CT molecular complexity index is 833. The molecule has 3 heterocycles. The number of nitrogens with one attached hydrogen (secondary N) is 2. The number of hydrogen-bond acceptors (Lipinski definition) is 3. The van der Waals surface area contributed by atoms with Crippen LogP contribution in [0.4, 0.5) is 5.00 Å². The molecule has 0 unspecified atom stereocenters. The fourth-order valence-corrected chi connectivity index (χ4v) is 4.28. The molecule has 4 rings (SSSR count). The first-order chi connectivity index (χ1) is 12.8. The van der Waals surface area contributed by atoms with E-state index in [1.807, 2.05) is 18.4 Å². The molecule has 1 aliphatic heterocycles. The molecular weight excluding hydrogens is 469 g/mol. The fourth-order valence-electron chi connectivity index (χ4n) is 3.50. The summed E-state index contributed by atoms with van der Waals surface area (Å²) in [5, 5.41) is 8.31. The number of hydrogen-bond donors (Lipinski definition) is 2. The summed E-state index contributed by atoms with van der Waals surface area (Å²) in [6, 6.07) is 15.0. The van der Waals surface area contributed by atoms with Crippen molar-refractivity contribution < 1.29 is 0 Å². The molecule has 7 heteroatoms. The lowest BCUT2D eigenvalue weighted by Gasteiger charge is -2.37. The SMILES string of the molecule is CN=C(NCCc1cc2ccccc2[nH]1)N1CCN(c2cccs2)CC1.I. The number of nitrogens with zero attached hydrogens (tertiary/aromatic N) is 3. The van der Waals surface area contributed by atoms with Gasteiger partial charge in [-0.05, 0) is 35.0 Å². The predicted molar refractivity (Wildman–Crippen MR) is 127 cm³/mol. The number of halogens is 1. The molecule has 0 bridgehead atoms. The maximum Gasteiger partial charge on any atom is 0.193 e. The molecule has 2 N–H and O–H groups in total. The van der Waals surface area contributed by atoms with E-state index >= 15 is 0 Å². The van der Waals surface area contributed by atoms with Crippen molar-refractivity contribution in [3.05, 3.63) is 53.5 Å². The monoisotopic (exact) mass is 495 g/mol. The van der Waals surface area contributed by atoms with E-state index in [1.54, 1.807) is 0 Å². The number of rotatable bonds is 4. The average molecular weight is 495 g/mol. The van der Waals surface area contributed by atoms with Crippen LogP contribution in [0.3, 0.4) is 0 Å². The highest BCUT2D eigenvalue weighted by Gasteiger charge is 2.20. The quantitative estimate of drug-likeness (QED) is 0.329. The largest absolute Gasteiger partial charge is 0.360 e. The van der Waals surface area contributed by atoms with Crippen LogP contribution in [0.5, 0.6) is 0 Å². The van der Waals surface area contributed by atoms with Gasteiger partial charge in [-0.2, -0.15) is 0 Å². The van der Waals surface area contributed by atoms with Gasteiger partial charge in [0.15, 0.2) is 5.96 Å². The van der Waals surface area contributed by atoms with Gasteiger partial charge in [0, 0.05) is 57.4 Å². The van der Waals surface area contributed by atoms with Crippen LogP contribution < -0.4 is 10.2 Å². The van der Waals surface area contributed by atoms with Crippen LogP contribution in [0.1, 0.15) is 5.69 Å². The van der Waals surface area contributed by atoms with Gasteiger partial charge in [0.1, 0.15) is 0 Å². The number of anilines is 1. The van der Waals surface area contributed by atoms with Crippen molar-refractivity contribution in [3.63, 3.8) is 0 Å². The van der Waals surface area contributed by atoms with Gasteiger partial charge in [0.25, 0.3) is 0 Å². The van der Waals surface area contributed by atoms with E-state index in [4.69, 9.17) is 0 Å². The summed E-state index contributed by atoms with van der Waals surface area (Å²) in [6.07, 6.45) is 0.961. The Morgan fingerprint density at radius 1 is 1.15 bits per heavy atom. The molecule has 27 heavy (non-hydrogen) atoms. The maximum atomic E-state index is 4.48. The van der Waals surface area contributed by atoms with Crippen LogP contribution in [0.15, 0.2) is 52.8 Å². The van der Waals surface area contributed by atoms with Crippen LogP contribution in [0, 0.1) is 0 Å². The molecule has 0 spiro atoms. The summed E-state index contributed by atoms with van der Waals surface area (Å²) in [5.74, 6) is 1.01. The minimum Gasteiger partial charge on any atom is -0.360 e. The highest BCUT2D eigenvalue weighted by molar-refractivity contribution is 14.0. The Kier molecular flexibility index (Phi) is 7.01. The van der Waals surface area contributed by atoms with Gasteiger partial charge in [-0.25, -0.2) is 0 Å². The second-order valence-electron chi connectivity index (χ2n) is 6.53. The average Bonchev–Trinajstić information content (AvgIpc) is 3.35. The van der Waals surface area contributed by atoms with E-state index in [-0.39, 0.29) is 24.0 Å². The Hall–Kier alpha value is -1.74. The molecule has 1 saturated heterocycles. The molecule has 0 aliphatic carbocycles. The first-order valence-corrected chi connectivity index (χ1v) is 10.0. The number of benzene rings is 1. The number of aromatic amines is 1. The number of para-hydroxylation sites is 1. The topological polar surface area (TPSA) is 46.7 Å². The zero-order valence-electron chi connectivity index (χ0n) is 15.5. The highest BCUT2D eigenvalue weighted by Crippen LogP contribution is 2.22. The minimum atomic E-state index is 0. The molecule has 0 saturated carbocycles. The molecular formula is C20H26IN5S. The van der Waals surface area contributed by atoms with Gasteiger partial charge < -0.3 is 20.1 Å². The van der Waals surface area contributed by atoms with E-state index < -0.39 is 0 Å². The summed E-state index contributed by atoms with van der Waals surface area (Å²) >= 11 is 1.82. The van der Waals surface area contributed by atoms with Crippen LogP contribution in [-0.4, -0.2) is 55.6 Å². The lowest BCUT2D eigenvalue weighted by molar-refractivity contribution is 0.373. The van der Waals surface area contributed by atoms with E-state index in [0.29, 0.717) is 0 Å². The number of guanidine groups is 1. The number of aliphatic imine (C=N–C) groups is 1. The van der Waals surface area contributed by atoms with Crippen molar-refractivity contribution in [2.75, 3.05) is 44.7 Å². The van der Waals surface area contributed by atoms with Gasteiger partial charge in [0.2, 0.25) is 0 Å². The smallest absolute Gasteiger partial charge is 0.193 e.